The van der Waals surface area contributed by atoms with Crippen molar-refractivity contribution >= 4 is 127 Å². The van der Waals surface area contributed by atoms with Crippen LogP contribution in [0.4, 0.5) is 11.4 Å². The number of ether oxygens (including phenoxy) is 3. The van der Waals surface area contributed by atoms with E-state index in [9.17, 15) is 19.2 Å². The summed E-state index contributed by atoms with van der Waals surface area (Å²) in [6.45, 7) is 5.94. The van der Waals surface area contributed by atoms with Gasteiger partial charge >= 0.3 is 30.2 Å². The van der Waals surface area contributed by atoms with Gasteiger partial charge in [-0.1, -0.05) is 36.4 Å². The minimum Gasteiger partial charge on any atom is -0.466 e. The van der Waals surface area contributed by atoms with Gasteiger partial charge in [0, 0.05) is 77.5 Å². The van der Waals surface area contributed by atoms with E-state index in [-0.39, 0.29) is 64.4 Å². The van der Waals surface area contributed by atoms with Crippen molar-refractivity contribution in [2.45, 2.75) is 33.6 Å². The van der Waals surface area contributed by atoms with Gasteiger partial charge in [0.15, 0.2) is 0 Å². The van der Waals surface area contributed by atoms with E-state index in [2.05, 4.69) is 41.9 Å². The molecule has 2 aromatic rings. The number of rotatable bonds is 9. The number of anilines is 2. The fourth-order valence-electron chi connectivity index (χ4n) is 2.06. The average molecular weight is 712 g/mol. The molecule has 0 saturated carbocycles. The minimum atomic E-state index is -0.593. The molecule has 3 N–H and O–H groups in total. The van der Waals surface area contributed by atoms with Crippen LogP contribution < -0.4 is 11.1 Å². The first kappa shape index (κ1) is 56.4. The number of carbonyl (C=O) groups is 4. The third-order valence-corrected chi connectivity index (χ3v) is 3.81. The van der Waals surface area contributed by atoms with Crippen LogP contribution in [0.15, 0.2) is 60.7 Å². The summed E-state index contributed by atoms with van der Waals surface area (Å²) in [5.74, 6) is -1.94. The van der Waals surface area contributed by atoms with Crippen LogP contribution in [0.1, 0.15) is 33.6 Å². The van der Waals surface area contributed by atoms with Gasteiger partial charge in [0.2, 0.25) is 5.91 Å². The van der Waals surface area contributed by atoms with E-state index < -0.39 is 30.7 Å². The predicted molar refractivity (Wildman–Crippen MR) is 195 cm³/mol. The first-order chi connectivity index (χ1) is 22.3. The lowest BCUT2D eigenvalue weighted by Crippen LogP contribution is -2.38. The quantitative estimate of drug-likeness (QED) is 0.116. The van der Waals surface area contributed by atoms with Crippen molar-refractivity contribution in [2.24, 2.45) is 0 Å². The molecule has 0 aromatic heterocycles. The van der Waals surface area contributed by atoms with Gasteiger partial charge in [-0.25, -0.2) is 0 Å². The summed E-state index contributed by atoms with van der Waals surface area (Å²) < 4.78 is 13.7. The summed E-state index contributed by atoms with van der Waals surface area (Å²) in [6, 6.07) is 18.5. The maximum absolute atomic E-state index is 11.3. The zero-order valence-corrected chi connectivity index (χ0v) is 29.3. The molecule has 0 aliphatic carbocycles. The number of benzene rings is 2. The number of nitrogen functional groups attached to an aromatic ring is 1. The highest BCUT2D eigenvalue weighted by Gasteiger charge is 2.10. The Morgan fingerprint density at radius 2 is 0.958 bits per heavy atom. The molecule has 0 unspecified atom stereocenters. The Morgan fingerprint density at radius 1 is 0.667 bits per heavy atom. The van der Waals surface area contributed by atoms with E-state index in [1.54, 1.807) is 45.0 Å². The Bertz CT molecular complexity index is 1110. The number of hydrogen-bond acceptors (Lipinski definition) is 14. The van der Waals surface area contributed by atoms with E-state index >= 15 is 0 Å². The summed E-state index contributed by atoms with van der Waals surface area (Å²) in [7, 11) is 19.9. The highest BCUT2D eigenvalue weighted by Crippen LogP contribution is 2.05. The molecule has 250 valence electrons. The van der Waals surface area contributed by atoms with Crippen molar-refractivity contribution in [1.29, 1.82) is 0 Å². The molecule has 2 rings (SSSR count). The van der Waals surface area contributed by atoms with Crippen LogP contribution in [0.3, 0.4) is 0 Å². The molecule has 22 heteroatoms. The van der Waals surface area contributed by atoms with Crippen LogP contribution in [0.2, 0.25) is 0 Å². The van der Waals surface area contributed by atoms with Crippen molar-refractivity contribution in [3.63, 3.8) is 0 Å². The summed E-state index contributed by atoms with van der Waals surface area (Å²) in [6.07, 6.45) is -1.22. The van der Waals surface area contributed by atoms with E-state index in [1.807, 2.05) is 36.4 Å². The number of amides is 1. The van der Waals surface area contributed by atoms with Crippen LogP contribution in [0.25, 0.3) is 0 Å². The molecule has 0 atom stereocenters. The van der Waals surface area contributed by atoms with Crippen LogP contribution in [0.5, 0.6) is 0 Å². The highest BCUT2D eigenvalue weighted by atomic mass is 32.8. The Labute approximate surface area is 303 Å². The monoisotopic (exact) mass is 712 g/mol. The first-order valence-electron chi connectivity index (χ1n) is 13.1. The van der Waals surface area contributed by atoms with Crippen molar-refractivity contribution < 1.29 is 52.6 Å². The summed E-state index contributed by atoms with van der Waals surface area (Å²) >= 11 is 7.33. The van der Waals surface area contributed by atoms with Crippen molar-refractivity contribution in [1.82, 2.24) is 0 Å². The van der Waals surface area contributed by atoms with Gasteiger partial charge in [0.25, 0.3) is 0 Å². The molecule has 0 aliphatic rings. The summed E-state index contributed by atoms with van der Waals surface area (Å²) in [5, 5.41) is 2.59. The Kier molecular flexibility index (Phi) is 53.1. The molecule has 48 heavy (non-hydrogen) atoms. The van der Waals surface area contributed by atoms with Gasteiger partial charge in [-0.3, -0.25) is 19.2 Å². The van der Waals surface area contributed by atoms with Crippen LogP contribution in [-0.2, 0) is 74.9 Å². The molecule has 0 bridgehead atoms. The molecule has 0 fully saturated rings. The van der Waals surface area contributed by atoms with Crippen molar-refractivity contribution in [2.75, 3.05) is 30.9 Å². The molecule has 0 spiro atoms. The third-order valence-electron chi connectivity index (χ3n) is 3.81. The lowest BCUT2D eigenvalue weighted by Gasteiger charge is -2.04. The van der Waals surface area contributed by atoms with Gasteiger partial charge in [-0.2, -0.15) is 32.7 Å². The lowest BCUT2D eigenvalue weighted by atomic mass is 8.81. The number of para-hydroxylation sites is 2. The molecule has 0 aliphatic heterocycles. The molecular formula is C26H34B6N2O11S3. The first-order valence-corrected chi connectivity index (χ1v) is 14.4. The molecular weight excluding hydrogens is 677 g/mol. The molecule has 0 saturated heterocycles. The minimum absolute atomic E-state index is 0. The smallest absolute Gasteiger partial charge is 0.373 e. The Hall–Kier alpha value is -3.94. The van der Waals surface area contributed by atoms with E-state index in [0.29, 0.717) is 5.69 Å². The van der Waals surface area contributed by atoms with E-state index in [0.717, 1.165) is 5.69 Å². The number of nitrogens with two attached hydrogens (primary N) is 1. The maximum Gasteiger partial charge on any atom is 0.373 e. The summed E-state index contributed by atoms with van der Waals surface area (Å²) in [4.78, 5) is 76.0. The van der Waals surface area contributed by atoms with Gasteiger partial charge in [-0.05, 0) is 45.0 Å². The van der Waals surface area contributed by atoms with E-state index in [4.69, 9.17) is 55.9 Å². The van der Waals surface area contributed by atoms with Gasteiger partial charge < -0.3 is 25.3 Å². The van der Waals surface area contributed by atoms with Gasteiger partial charge in [0.1, 0.15) is 12.8 Å². The topological polar surface area (TPSA) is 202 Å². The maximum atomic E-state index is 11.3. The number of carbonyl (C=O) groups excluding carboxylic acids is 8. The fraction of sp³-hybridized carbons (Fsp3) is 0.308. The summed E-state index contributed by atoms with van der Waals surface area (Å²) in [5.41, 5.74) is 6.85. The second-order valence-corrected chi connectivity index (χ2v) is 7.41. The average Bonchev–Trinajstić information content (AvgIpc) is 3.01. The Balaban J connectivity index is -0.000000118. The molecule has 1 amide bonds. The van der Waals surface area contributed by atoms with Gasteiger partial charge in [0.05, 0.1) is 19.8 Å². The lowest BCUT2D eigenvalue weighted by molar-refractivity contribution is -0.193. The second-order valence-electron chi connectivity index (χ2n) is 7.41. The normalized spacial score (nSPS) is 7.56. The molecule has 13 nitrogen and oxygen atoms in total. The largest absolute Gasteiger partial charge is 0.466 e. The number of nitrogens with one attached hydrogen (secondary N) is 1. The predicted octanol–water partition coefficient (Wildman–Crippen LogP) is 0.00600. The van der Waals surface area contributed by atoms with E-state index in [1.165, 1.54) is 0 Å². The van der Waals surface area contributed by atoms with Crippen LogP contribution in [0, 0.1) is 0 Å². The third kappa shape index (κ3) is 51.6. The van der Waals surface area contributed by atoms with Gasteiger partial charge in [-0.15, -0.1) is 0 Å². The molecule has 8 radical (unpaired) electrons. The fourth-order valence-corrected chi connectivity index (χ4v) is 2.06. The van der Waals surface area contributed by atoms with Crippen molar-refractivity contribution in [3.8, 4) is 0 Å². The number of esters is 3. The number of hydrogen-bond donors (Lipinski definition) is 2. The molecule has 2 aromatic carbocycles. The Morgan fingerprint density at radius 3 is 1.21 bits per heavy atom. The van der Waals surface area contributed by atoms with Crippen LogP contribution >= 0.6 is 13.5 Å². The zero-order valence-electron chi connectivity index (χ0n) is 26.7. The standard InChI is InChI=1S/C11H13NO3.C7H12O4.C6H7N.2CO2.B6.S2.H2S/c1-2-15-11(14)8-10(13)12-9-6-4-3-5-7-9;1-3-10-6(8)5-7(9)11-4-2;7-6-4-2-1-3-5-6;2*2-1-3;1-5(2)6(3)4;1-2;/h3-7H,2,8H2,1H3,(H,12,13);3-5H2,1-2H3;1-5H,7H2;;;;;1H2. The second kappa shape index (κ2) is 45.2. The van der Waals surface area contributed by atoms with Crippen LogP contribution in [-0.4, -0.2) is 99.7 Å². The van der Waals surface area contributed by atoms with Crippen molar-refractivity contribution in [3.05, 3.63) is 60.7 Å². The SMILES string of the molecule is CCOC(=O)CC(=O)Nc1ccccc1.CCOC(=O)CC(=O)OCC.Nc1ccccc1.O=C=O.O=C=O.S.S=S.[B]B([B])B([B])[B]. The zero-order chi connectivity index (χ0) is 37.5. The molecule has 0 heterocycles. The highest BCUT2D eigenvalue weighted by molar-refractivity contribution is 8.07.